The number of ether oxygens (including phenoxy) is 1. The van der Waals surface area contributed by atoms with Gasteiger partial charge in [-0.3, -0.25) is 0 Å². The topological polar surface area (TPSA) is 33.0 Å². The minimum absolute atomic E-state index is 0.0674. The maximum absolute atomic E-state index is 13.5. The van der Waals surface area contributed by atoms with Crippen molar-refractivity contribution >= 4 is 0 Å². The summed E-state index contributed by atoms with van der Waals surface area (Å²) in [6, 6.07) is 6.41. The molecule has 0 amide bonds. The van der Waals surface area contributed by atoms with Crippen molar-refractivity contribution < 1.29 is 9.13 Å². The van der Waals surface area contributed by atoms with Gasteiger partial charge in [0.15, 0.2) is 11.6 Å². The quantitative estimate of drug-likeness (QED) is 0.763. The summed E-state index contributed by atoms with van der Waals surface area (Å²) in [5.74, 6) is -0.318. The van der Waals surface area contributed by atoms with E-state index in [1.165, 1.54) is 18.6 Å². The number of para-hydroxylation sites is 1. The third kappa shape index (κ3) is 2.33. The fraction of sp³-hybridized carbons (Fsp3) is 0.462. The summed E-state index contributed by atoms with van der Waals surface area (Å²) >= 11 is 0. The molecule has 1 aromatic rings. The smallest absolute Gasteiger partial charge is 0.173 e. The molecule has 2 nitrogen and oxygen atoms in total. The number of nitrogens with zero attached hydrogens (tertiary/aromatic N) is 1. The van der Waals surface area contributed by atoms with Crippen LogP contribution >= 0.6 is 0 Å². The van der Waals surface area contributed by atoms with Crippen molar-refractivity contribution in [1.29, 1.82) is 5.26 Å². The molecule has 0 radical (unpaired) electrons. The molecule has 1 fully saturated rings. The Balaban J connectivity index is 2.16. The van der Waals surface area contributed by atoms with Crippen LogP contribution in [0.5, 0.6) is 5.75 Å². The summed E-state index contributed by atoms with van der Waals surface area (Å²) in [5.41, 5.74) is 0.283. The van der Waals surface area contributed by atoms with Crippen LogP contribution in [0.1, 0.15) is 37.7 Å². The highest BCUT2D eigenvalue weighted by Gasteiger charge is 2.18. The molecule has 1 aliphatic carbocycles. The molecular weight excluding hydrogens is 205 g/mol. The van der Waals surface area contributed by atoms with E-state index in [-0.39, 0.29) is 17.4 Å². The molecule has 2 rings (SSSR count). The lowest BCUT2D eigenvalue weighted by atomic mass is 9.97. The van der Waals surface area contributed by atoms with Gasteiger partial charge in [-0.05, 0) is 37.8 Å². The third-order valence-corrected chi connectivity index (χ3v) is 2.92. The van der Waals surface area contributed by atoms with Crippen LogP contribution in [-0.4, -0.2) is 6.10 Å². The molecule has 0 bridgehead atoms. The molecule has 0 spiro atoms. The van der Waals surface area contributed by atoms with E-state index in [2.05, 4.69) is 0 Å². The predicted octanol–water partition coefficient (Wildman–Crippen LogP) is 3.41. The van der Waals surface area contributed by atoms with Crippen LogP contribution < -0.4 is 4.74 Å². The van der Waals surface area contributed by atoms with Crippen LogP contribution in [-0.2, 0) is 0 Å². The highest BCUT2D eigenvalue weighted by atomic mass is 19.1. The molecule has 84 valence electrons. The monoisotopic (exact) mass is 219 g/mol. The molecule has 0 atom stereocenters. The first kappa shape index (κ1) is 10.9. The number of rotatable bonds is 2. The van der Waals surface area contributed by atoms with Crippen LogP contribution in [0.15, 0.2) is 18.2 Å². The second-order valence-corrected chi connectivity index (χ2v) is 4.11. The van der Waals surface area contributed by atoms with Crippen molar-refractivity contribution in [3.05, 3.63) is 29.6 Å². The Morgan fingerprint density at radius 2 is 2.00 bits per heavy atom. The lowest BCUT2D eigenvalue weighted by Crippen LogP contribution is -2.20. The molecule has 1 aliphatic rings. The van der Waals surface area contributed by atoms with E-state index >= 15 is 0 Å². The van der Waals surface area contributed by atoms with Gasteiger partial charge < -0.3 is 4.74 Å². The molecule has 0 aliphatic heterocycles. The summed E-state index contributed by atoms with van der Waals surface area (Å²) in [4.78, 5) is 0. The number of nitriles is 1. The Bertz CT molecular complexity index is 405. The standard InChI is InChI=1S/C13H14FNO/c14-12-8-4-5-10(9-15)13(12)16-11-6-2-1-3-7-11/h4-5,8,11H,1-3,6-7H2. The van der Waals surface area contributed by atoms with Crippen molar-refractivity contribution in [2.75, 3.05) is 0 Å². The van der Waals surface area contributed by atoms with Gasteiger partial charge in [0, 0.05) is 0 Å². The van der Waals surface area contributed by atoms with Crippen LogP contribution in [0.4, 0.5) is 4.39 Å². The van der Waals surface area contributed by atoms with Crippen LogP contribution in [0.2, 0.25) is 0 Å². The Hall–Kier alpha value is -1.56. The Morgan fingerprint density at radius 1 is 1.25 bits per heavy atom. The Labute approximate surface area is 94.7 Å². The first-order chi connectivity index (χ1) is 7.81. The average Bonchev–Trinajstić information content (AvgIpc) is 2.33. The zero-order chi connectivity index (χ0) is 11.4. The normalized spacial score (nSPS) is 16.8. The van der Waals surface area contributed by atoms with E-state index in [1.807, 2.05) is 6.07 Å². The fourth-order valence-electron chi connectivity index (χ4n) is 2.07. The Morgan fingerprint density at radius 3 is 2.69 bits per heavy atom. The molecule has 1 saturated carbocycles. The van der Waals surface area contributed by atoms with E-state index in [4.69, 9.17) is 10.00 Å². The molecule has 0 N–H and O–H groups in total. The second-order valence-electron chi connectivity index (χ2n) is 4.11. The fourth-order valence-corrected chi connectivity index (χ4v) is 2.07. The van der Waals surface area contributed by atoms with Crippen LogP contribution in [0.25, 0.3) is 0 Å². The average molecular weight is 219 g/mol. The largest absolute Gasteiger partial charge is 0.486 e. The lowest BCUT2D eigenvalue weighted by molar-refractivity contribution is 0.148. The van der Waals surface area contributed by atoms with Crippen molar-refractivity contribution in [1.82, 2.24) is 0 Å². The van der Waals surface area contributed by atoms with E-state index in [0.717, 1.165) is 25.7 Å². The van der Waals surface area contributed by atoms with Gasteiger partial charge in [0.25, 0.3) is 0 Å². The van der Waals surface area contributed by atoms with Gasteiger partial charge in [0.1, 0.15) is 6.07 Å². The summed E-state index contributed by atoms with van der Waals surface area (Å²) in [6.07, 6.45) is 5.46. The van der Waals surface area contributed by atoms with Crippen molar-refractivity contribution in [3.63, 3.8) is 0 Å². The highest BCUT2D eigenvalue weighted by molar-refractivity contribution is 5.43. The summed E-state index contributed by atoms with van der Waals surface area (Å²) in [7, 11) is 0. The van der Waals surface area contributed by atoms with Crippen molar-refractivity contribution in [2.45, 2.75) is 38.2 Å². The second kappa shape index (κ2) is 4.98. The molecule has 0 saturated heterocycles. The maximum Gasteiger partial charge on any atom is 0.173 e. The molecule has 0 aromatic heterocycles. The van der Waals surface area contributed by atoms with Crippen molar-refractivity contribution in [3.8, 4) is 11.8 Å². The number of hydrogen-bond acceptors (Lipinski definition) is 2. The van der Waals surface area contributed by atoms with Gasteiger partial charge >= 0.3 is 0 Å². The summed E-state index contributed by atoms with van der Waals surface area (Å²) in [5, 5.41) is 8.88. The zero-order valence-corrected chi connectivity index (χ0v) is 9.08. The first-order valence-corrected chi connectivity index (χ1v) is 5.66. The maximum atomic E-state index is 13.5. The highest BCUT2D eigenvalue weighted by Crippen LogP contribution is 2.27. The van der Waals surface area contributed by atoms with E-state index in [0.29, 0.717) is 0 Å². The molecule has 16 heavy (non-hydrogen) atoms. The number of hydrogen-bond donors (Lipinski definition) is 0. The van der Waals surface area contributed by atoms with Crippen LogP contribution in [0, 0.1) is 17.1 Å². The van der Waals surface area contributed by atoms with Crippen LogP contribution in [0.3, 0.4) is 0 Å². The molecule has 0 unspecified atom stereocenters. The van der Waals surface area contributed by atoms with E-state index in [1.54, 1.807) is 6.07 Å². The SMILES string of the molecule is N#Cc1cccc(F)c1OC1CCCCC1. The van der Waals surface area contributed by atoms with Gasteiger partial charge in [-0.1, -0.05) is 12.5 Å². The third-order valence-electron chi connectivity index (χ3n) is 2.92. The first-order valence-electron chi connectivity index (χ1n) is 5.66. The minimum atomic E-state index is -0.440. The number of halogens is 1. The Kier molecular flexibility index (Phi) is 3.40. The van der Waals surface area contributed by atoms with E-state index in [9.17, 15) is 4.39 Å². The van der Waals surface area contributed by atoms with Gasteiger partial charge in [-0.15, -0.1) is 0 Å². The molecule has 1 aromatic carbocycles. The predicted molar refractivity (Wildman–Crippen MR) is 58.6 cm³/mol. The summed E-state index contributed by atoms with van der Waals surface area (Å²) in [6.45, 7) is 0. The molecule has 0 heterocycles. The zero-order valence-electron chi connectivity index (χ0n) is 9.08. The van der Waals surface area contributed by atoms with Gasteiger partial charge in [0.05, 0.1) is 11.7 Å². The van der Waals surface area contributed by atoms with E-state index < -0.39 is 5.82 Å². The minimum Gasteiger partial charge on any atom is -0.486 e. The molecular formula is C13H14FNO. The van der Waals surface area contributed by atoms with Crippen molar-refractivity contribution in [2.24, 2.45) is 0 Å². The number of benzene rings is 1. The van der Waals surface area contributed by atoms with Gasteiger partial charge in [-0.25, -0.2) is 4.39 Å². The van der Waals surface area contributed by atoms with Gasteiger partial charge in [-0.2, -0.15) is 5.26 Å². The van der Waals surface area contributed by atoms with Gasteiger partial charge in [0.2, 0.25) is 0 Å². The lowest BCUT2D eigenvalue weighted by Gasteiger charge is -2.23. The molecule has 3 heteroatoms. The summed E-state index contributed by atoms with van der Waals surface area (Å²) < 4.78 is 19.1.